The molecule has 0 aliphatic rings. The van der Waals surface area contributed by atoms with E-state index in [4.69, 9.17) is 16.7 Å². The zero-order chi connectivity index (χ0) is 27.5. The second kappa shape index (κ2) is 14.3. The molecule has 0 saturated heterocycles. The number of nitrogens with zero attached hydrogens (tertiary/aromatic N) is 2. The molecule has 0 aliphatic heterocycles. The van der Waals surface area contributed by atoms with E-state index in [1.54, 1.807) is 43.4 Å². The Kier molecular flexibility index (Phi) is 10.3. The van der Waals surface area contributed by atoms with Crippen LogP contribution < -0.4 is 16.1 Å². The first-order valence-corrected chi connectivity index (χ1v) is 17.0. The molecule has 39 heavy (non-hydrogen) atoms. The maximum atomic E-state index is 11.0. The summed E-state index contributed by atoms with van der Waals surface area (Å²) in [5.41, 5.74) is 1.74. The van der Waals surface area contributed by atoms with E-state index in [1.807, 2.05) is 0 Å². The fraction of sp³-hybridized carbons (Fsp3) is 0.0312. The number of hydrogen-bond acceptors (Lipinski definition) is 4. The molecular formula is C32H27ClN3O2Sn. The van der Waals surface area contributed by atoms with Crippen LogP contribution in [0.15, 0.2) is 144 Å². The van der Waals surface area contributed by atoms with E-state index in [9.17, 15) is 4.79 Å². The van der Waals surface area contributed by atoms with Crippen LogP contribution in [-0.4, -0.2) is 37.9 Å². The molecule has 0 bridgehead atoms. The quantitative estimate of drug-likeness (QED) is 0.154. The summed E-state index contributed by atoms with van der Waals surface area (Å²) in [7, 11) is 1.77. The monoisotopic (exact) mass is 640 g/mol. The van der Waals surface area contributed by atoms with E-state index in [2.05, 4.69) is 107 Å². The Morgan fingerprint density at radius 1 is 0.692 bits per heavy atom. The van der Waals surface area contributed by atoms with E-state index >= 15 is 0 Å². The topological polar surface area (TPSA) is 74.0 Å². The summed E-state index contributed by atoms with van der Waals surface area (Å²) in [6.07, 6.45) is 0. The van der Waals surface area contributed by atoms with E-state index in [-0.39, 0.29) is 5.56 Å². The van der Waals surface area contributed by atoms with E-state index in [0.717, 1.165) is 5.69 Å². The molecule has 2 N–H and O–H groups in total. The molecule has 5 nitrogen and oxygen atoms in total. The van der Waals surface area contributed by atoms with Gasteiger partial charge in [-0.05, 0) is 30.3 Å². The van der Waals surface area contributed by atoms with E-state index < -0.39 is 25.7 Å². The zero-order valence-corrected chi connectivity index (χ0v) is 24.9. The third-order valence-corrected chi connectivity index (χ3v) is 13.9. The van der Waals surface area contributed by atoms with Gasteiger partial charge in [0.15, 0.2) is 0 Å². The molecule has 0 heterocycles. The van der Waals surface area contributed by atoms with Crippen LogP contribution in [0, 0.1) is 0 Å². The van der Waals surface area contributed by atoms with Crippen molar-refractivity contribution in [2.45, 2.75) is 0 Å². The van der Waals surface area contributed by atoms with Crippen molar-refractivity contribution >= 4 is 65.1 Å². The van der Waals surface area contributed by atoms with Crippen molar-refractivity contribution in [3.05, 3.63) is 144 Å². The normalized spacial score (nSPS) is 10.6. The van der Waals surface area contributed by atoms with Gasteiger partial charge in [0.25, 0.3) is 0 Å². The van der Waals surface area contributed by atoms with Crippen molar-refractivity contribution in [3.8, 4) is 0 Å². The molecule has 0 unspecified atom stereocenters. The van der Waals surface area contributed by atoms with Crippen molar-refractivity contribution in [3.63, 3.8) is 0 Å². The number of nitrogens with one attached hydrogen (secondary N) is 1. The first-order valence-electron chi connectivity index (χ1n) is 12.3. The van der Waals surface area contributed by atoms with Gasteiger partial charge in [-0.1, -0.05) is 23.7 Å². The fourth-order valence-electron chi connectivity index (χ4n) is 3.94. The van der Waals surface area contributed by atoms with Crippen LogP contribution >= 0.6 is 11.6 Å². The van der Waals surface area contributed by atoms with Crippen LogP contribution in [0.3, 0.4) is 0 Å². The van der Waals surface area contributed by atoms with Gasteiger partial charge in [-0.15, -0.1) is 5.11 Å². The van der Waals surface area contributed by atoms with Crippen LogP contribution in [0.1, 0.15) is 10.4 Å². The molecule has 193 valence electrons. The molecule has 7 heteroatoms. The standard InChI is InChI=1S/C14H12ClN3O2.3C6H5.Sn/c1-16-13-7-6-9(8-11(13)15)17-18-12-5-3-2-4-10(12)14(19)20;3*1-2-4-6-5-3-1;/h2-8,16H,1H3,(H,19,20);3*1-5H;. The minimum absolute atomic E-state index is 0.106. The van der Waals surface area contributed by atoms with Crippen LogP contribution in [0.2, 0.25) is 5.02 Å². The summed E-state index contributed by atoms with van der Waals surface area (Å²) in [5.74, 6) is -1.04. The minimum atomic E-state index is -1.98. The summed E-state index contributed by atoms with van der Waals surface area (Å²) < 4.78 is 4.59. The molecule has 5 aromatic rings. The van der Waals surface area contributed by atoms with Gasteiger partial charge in [0.2, 0.25) is 0 Å². The average Bonchev–Trinajstić information content (AvgIpc) is 2.98. The van der Waals surface area contributed by atoms with Crippen molar-refractivity contribution in [2.24, 2.45) is 10.2 Å². The molecule has 0 atom stereocenters. The number of hydrogen-bond donors (Lipinski definition) is 2. The fourth-order valence-corrected chi connectivity index (χ4v) is 11.6. The summed E-state index contributed by atoms with van der Waals surface area (Å²) >= 11 is 4.05. The number of azo groups is 1. The molecule has 5 aromatic carbocycles. The van der Waals surface area contributed by atoms with Crippen LogP contribution in [0.4, 0.5) is 17.1 Å². The number of halogens is 1. The van der Waals surface area contributed by atoms with Gasteiger partial charge in [-0.3, -0.25) is 0 Å². The SMILES string of the molecule is CNc1ccc(N=Nc2ccccc2C(=O)O)cc1Cl.c1cc[c]([Sn]([c]2ccccc2)[c]2ccccc2)cc1. The number of aromatic carboxylic acids is 1. The maximum absolute atomic E-state index is 11.0. The van der Waals surface area contributed by atoms with Crippen molar-refractivity contribution < 1.29 is 9.90 Å². The van der Waals surface area contributed by atoms with Gasteiger partial charge in [-0.25, -0.2) is 4.79 Å². The molecule has 0 amide bonds. The number of rotatable bonds is 7. The number of carboxylic acid groups (broad SMARTS) is 1. The molecule has 0 spiro atoms. The molecule has 0 aliphatic carbocycles. The number of anilines is 1. The van der Waals surface area contributed by atoms with Crippen LogP contribution in [-0.2, 0) is 0 Å². The second-order valence-electron chi connectivity index (χ2n) is 8.41. The molecule has 0 fully saturated rings. The van der Waals surface area contributed by atoms with Crippen LogP contribution in [0.25, 0.3) is 0 Å². The molecule has 0 aromatic heterocycles. The van der Waals surface area contributed by atoms with Gasteiger partial charge < -0.3 is 10.4 Å². The first-order chi connectivity index (χ1) is 19.1. The Hall–Kier alpha value is -3.94. The Labute approximate surface area is 240 Å². The van der Waals surface area contributed by atoms with Crippen molar-refractivity contribution in [1.82, 2.24) is 0 Å². The van der Waals surface area contributed by atoms with E-state index in [0.29, 0.717) is 16.4 Å². The van der Waals surface area contributed by atoms with Gasteiger partial charge >= 0.3 is 127 Å². The number of carbonyl (C=O) groups is 1. The van der Waals surface area contributed by atoms with Crippen molar-refractivity contribution in [1.29, 1.82) is 0 Å². The van der Waals surface area contributed by atoms with Crippen molar-refractivity contribution in [2.75, 3.05) is 12.4 Å². The molecule has 0 saturated carbocycles. The van der Waals surface area contributed by atoms with Gasteiger partial charge in [-0.2, -0.15) is 5.11 Å². The van der Waals surface area contributed by atoms with Gasteiger partial charge in [0.05, 0.1) is 22.0 Å². The molecule has 1 radical (unpaired) electrons. The van der Waals surface area contributed by atoms with E-state index in [1.165, 1.54) is 16.8 Å². The third kappa shape index (κ3) is 7.78. The Balaban J connectivity index is 0.000000181. The zero-order valence-electron chi connectivity index (χ0n) is 21.3. The Bertz CT molecular complexity index is 1440. The Morgan fingerprint density at radius 2 is 1.18 bits per heavy atom. The van der Waals surface area contributed by atoms with Gasteiger partial charge in [0, 0.05) is 7.05 Å². The average molecular weight is 640 g/mol. The summed E-state index contributed by atoms with van der Waals surface area (Å²) in [6, 6.07) is 44.5. The van der Waals surface area contributed by atoms with Gasteiger partial charge in [0.1, 0.15) is 5.69 Å². The predicted molar refractivity (Wildman–Crippen MR) is 163 cm³/mol. The summed E-state index contributed by atoms with van der Waals surface area (Å²) in [4.78, 5) is 11.0. The second-order valence-corrected chi connectivity index (χ2v) is 15.9. The predicted octanol–water partition coefficient (Wildman–Crippen LogP) is 6.70. The summed E-state index contributed by atoms with van der Waals surface area (Å²) in [5, 5.41) is 20.5. The summed E-state index contributed by atoms with van der Waals surface area (Å²) in [6.45, 7) is 0. The number of carboxylic acids is 1. The first kappa shape index (κ1) is 28.1. The number of benzene rings is 5. The Morgan fingerprint density at radius 3 is 1.64 bits per heavy atom. The molecule has 5 rings (SSSR count). The third-order valence-electron chi connectivity index (χ3n) is 5.82. The molecular weight excluding hydrogens is 613 g/mol. The van der Waals surface area contributed by atoms with Crippen LogP contribution in [0.5, 0.6) is 0 Å².